The Balaban J connectivity index is 1.65. The highest BCUT2D eigenvalue weighted by atomic mass is 79.9. The largest absolute Gasteiger partial charge is 0.422 e. The Labute approximate surface area is 220 Å². The highest BCUT2D eigenvalue weighted by Gasteiger charge is 2.18. The number of nitrogens with zero attached hydrogens (tertiary/aromatic N) is 2. The first-order valence-corrected chi connectivity index (χ1v) is 11.7. The lowest BCUT2D eigenvalue weighted by Gasteiger charge is -2.11. The number of benzene rings is 4. The van der Waals surface area contributed by atoms with Gasteiger partial charge in [-0.3, -0.25) is 14.9 Å². The molecule has 0 aliphatic heterocycles. The SMILES string of the molecule is Cc1ccc([N+](=O)[O-])cc1NC(=O)/C(C#N)=C/c1cc(Br)ccc1OC(=O)c1cccc2ccccc12. The van der Waals surface area contributed by atoms with Gasteiger partial charge in [0.2, 0.25) is 0 Å². The van der Waals surface area contributed by atoms with Crippen LogP contribution in [-0.2, 0) is 4.79 Å². The monoisotopic (exact) mass is 555 g/mol. The molecule has 0 radical (unpaired) electrons. The predicted octanol–water partition coefficient (Wildman–Crippen LogP) is 6.58. The number of rotatable bonds is 6. The van der Waals surface area contributed by atoms with Crippen molar-refractivity contribution in [3.63, 3.8) is 0 Å². The van der Waals surface area contributed by atoms with Gasteiger partial charge in [0.15, 0.2) is 0 Å². The van der Waals surface area contributed by atoms with Gasteiger partial charge >= 0.3 is 5.97 Å². The molecule has 0 bridgehead atoms. The van der Waals surface area contributed by atoms with Gasteiger partial charge < -0.3 is 10.1 Å². The Bertz CT molecular complexity index is 1630. The van der Waals surface area contributed by atoms with E-state index < -0.39 is 16.8 Å². The van der Waals surface area contributed by atoms with Crippen LogP contribution in [0.15, 0.2) is 88.9 Å². The molecule has 0 spiro atoms. The number of hydrogen-bond acceptors (Lipinski definition) is 6. The highest BCUT2D eigenvalue weighted by Crippen LogP contribution is 2.28. The minimum absolute atomic E-state index is 0.146. The number of esters is 1. The summed E-state index contributed by atoms with van der Waals surface area (Å²) >= 11 is 3.36. The number of anilines is 1. The molecule has 182 valence electrons. The number of ether oxygens (including phenoxy) is 1. The van der Waals surface area contributed by atoms with Gasteiger partial charge in [0.05, 0.1) is 16.2 Å². The maximum atomic E-state index is 13.1. The van der Waals surface area contributed by atoms with Crippen LogP contribution < -0.4 is 10.1 Å². The van der Waals surface area contributed by atoms with E-state index in [2.05, 4.69) is 21.2 Å². The Morgan fingerprint density at radius 3 is 2.57 bits per heavy atom. The summed E-state index contributed by atoms with van der Waals surface area (Å²) < 4.78 is 6.31. The molecule has 4 rings (SSSR count). The lowest BCUT2D eigenvalue weighted by molar-refractivity contribution is -0.384. The van der Waals surface area contributed by atoms with Gasteiger partial charge in [-0.25, -0.2) is 4.79 Å². The number of nitriles is 1. The normalized spacial score (nSPS) is 11.0. The van der Waals surface area contributed by atoms with Gasteiger partial charge in [-0.05, 0) is 53.6 Å². The Morgan fingerprint density at radius 1 is 1.05 bits per heavy atom. The zero-order valence-electron chi connectivity index (χ0n) is 19.4. The third-order valence-electron chi connectivity index (χ3n) is 5.53. The van der Waals surface area contributed by atoms with Crippen LogP contribution in [0.3, 0.4) is 0 Å². The van der Waals surface area contributed by atoms with Crippen molar-refractivity contribution < 1.29 is 19.2 Å². The molecule has 0 aliphatic carbocycles. The van der Waals surface area contributed by atoms with Crippen molar-refractivity contribution in [3.05, 3.63) is 116 Å². The van der Waals surface area contributed by atoms with E-state index in [9.17, 15) is 25.0 Å². The van der Waals surface area contributed by atoms with Crippen LogP contribution in [0.2, 0.25) is 0 Å². The number of halogens is 1. The molecule has 0 aromatic heterocycles. The molecule has 4 aromatic rings. The molecule has 1 N–H and O–H groups in total. The third-order valence-corrected chi connectivity index (χ3v) is 6.02. The van der Waals surface area contributed by atoms with Crippen molar-refractivity contribution in [1.82, 2.24) is 0 Å². The molecule has 8 nitrogen and oxygen atoms in total. The molecule has 0 aliphatic rings. The highest BCUT2D eigenvalue weighted by molar-refractivity contribution is 9.10. The first-order valence-electron chi connectivity index (χ1n) is 10.9. The maximum Gasteiger partial charge on any atom is 0.344 e. The number of nitrogens with one attached hydrogen (secondary N) is 1. The summed E-state index contributed by atoms with van der Waals surface area (Å²) in [5.74, 6) is -1.21. The molecular weight excluding hydrogens is 538 g/mol. The van der Waals surface area contributed by atoms with E-state index in [4.69, 9.17) is 4.74 Å². The van der Waals surface area contributed by atoms with Crippen molar-refractivity contribution in [2.45, 2.75) is 6.92 Å². The van der Waals surface area contributed by atoms with Gasteiger partial charge in [-0.2, -0.15) is 5.26 Å². The predicted molar refractivity (Wildman–Crippen MR) is 143 cm³/mol. The fourth-order valence-electron chi connectivity index (χ4n) is 3.64. The number of nitro benzene ring substituents is 1. The molecule has 1 amide bonds. The summed E-state index contributed by atoms with van der Waals surface area (Å²) in [6.45, 7) is 1.67. The first kappa shape index (κ1) is 25.3. The number of nitro groups is 1. The minimum atomic E-state index is -0.766. The van der Waals surface area contributed by atoms with Crippen molar-refractivity contribution in [2.75, 3.05) is 5.32 Å². The first-order chi connectivity index (χ1) is 17.8. The number of non-ortho nitro benzene ring substituents is 1. The lowest BCUT2D eigenvalue weighted by Crippen LogP contribution is -2.15. The van der Waals surface area contributed by atoms with Crippen molar-refractivity contribution >= 4 is 56.0 Å². The number of aryl methyl sites for hydroxylation is 1. The maximum absolute atomic E-state index is 13.1. The van der Waals surface area contributed by atoms with E-state index in [1.165, 1.54) is 24.3 Å². The topological polar surface area (TPSA) is 122 Å². The smallest absolute Gasteiger partial charge is 0.344 e. The van der Waals surface area contributed by atoms with E-state index in [1.54, 1.807) is 37.3 Å². The van der Waals surface area contributed by atoms with Gasteiger partial charge in [0, 0.05) is 22.2 Å². The van der Waals surface area contributed by atoms with Gasteiger partial charge in [-0.15, -0.1) is 0 Å². The van der Waals surface area contributed by atoms with E-state index >= 15 is 0 Å². The minimum Gasteiger partial charge on any atom is -0.422 e. The number of fused-ring (bicyclic) bond motifs is 1. The number of amides is 1. The third kappa shape index (κ3) is 5.72. The van der Waals surface area contributed by atoms with Crippen molar-refractivity contribution in [3.8, 4) is 11.8 Å². The fourth-order valence-corrected chi connectivity index (χ4v) is 4.01. The van der Waals surface area contributed by atoms with Crippen LogP contribution in [0.4, 0.5) is 11.4 Å². The van der Waals surface area contributed by atoms with E-state index in [1.807, 2.05) is 36.4 Å². The summed E-state index contributed by atoms with van der Waals surface area (Å²) in [6.07, 6.45) is 1.29. The van der Waals surface area contributed by atoms with Gasteiger partial charge in [0.25, 0.3) is 11.6 Å². The van der Waals surface area contributed by atoms with Crippen molar-refractivity contribution in [1.29, 1.82) is 5.26 Å². The van der Waals surface area contributed by atoms with Crippen LogP contribution >= 0.6 is 15.9 Å². The fraction of sp³-hybridized carbons (Fsp3) is 0.0357. The second-order valence-corrected chi connectivity index (χ2v) is 8.89. The Kier molecular flexibility index (Phi) is 7.41. The average Bonchev–Trinajstić information content (AvgIpc) is 2.89. The molecule has 0 saturated carbocycles. The van der Waals surface area contributed by atoms with Crippen LogP contribution in [0.25, 0.3) is 16.8 Å². The van der Waals surface area contributed by atoms with Gasteiger partial charge in [0.1, 0.15) is 17.4 Å². The standard InChI is InChI=1S/C28H18BrN3O5/c1-17-9-11-22(32(35)36)15-25(17)31-27(33)20(16-30)13-19-14-21(29)10-12-26(19)37-28(34)24-8-4-6-18-5-2-3-7-23(18)24/h2-15H,1H3,(H,31,33)/b20-13+. The van der Waals surface area contributed by atoms with Crippen LogP contribution in [0.5, 0.6) is 5.75 Å². The quantitative estimate of drug-likeness (QED) is 0.0715. The summed E-state index contributed by atoms with van der Waals surface area (Å²) in [7, 11) is 0. The van der Waals surface area contributed by atoms with E-state index in [0.717, 1.165) is 10.8 Å². The molecule has 4 aromatic carbocycles. The molecule has 0 fully saturated rings. The second-order valence-electron chi connectivity index (χ2n) is 7.98. The van der Waals surface area contributed by atoms with E-state index in [-0.39, 0.29) is 22.7 Å². The Morgan fingerprint density at radius 2 is 1.81 bits per heavy atom. The summed E-state index contributed by atoms with van der Waals surface area (Å²) in [5, 5.41) is 24.9. The molecular formula is C28H18BrN3O5. The lowest BCUT2D eigenvalue weighted by atomic mass is 10.0. The molecule has 0 atom stereocenters. The molecule has 0 saturated heterocycles. The van der Waals surface area contributed by atoms with Crippen LogP contribution in [0, 0.1) is 28.4 Å². The zero-order valence-corrected chi connectivity index (χ0v) is 21.0. The summed E-state index contributed by atoms with van der Waals surface area (Å²) in [6, 6.07) is 23.4. The summed E-state index contributed by atoms with van der Waals surface area (Å²) in [5.41, 5.74) is 0.992. The number of hydrogen-bond donors (Lipinski definition) is 1. The summed E-state index contributed by atoms with van der Waals surface area (Å²) in [4.78, 5) is 36.5. The molecule has 9 heteroatoms. The average molecular weight is 556 g/mol. The van der Waals surface area contributed by atoms with Crippen molar-refractivity contribution in [2.24, 2.45) is 0 Å². The zero-order chi connectivity index (χ0) is 26.5. The molecule has 37 heavy (non-hydrogen) atoms. The number of carbonyl (C=O) groups excluding carboxylic acids is 2. The molecule has 0 unspecified atom stereocenters. The number of carbonyl (C=O) groups is 2. The second kappa shape index (κ2) is 10.8. The Hall–Kier alpha value is -4.81. The molecule has 0 heterocycles. The van der Waals surface area contributed by atoms with Gasteiger partial charge in [-0.1, -0.05) is 58.4 Å². The van der Waals surface area contributed by atoms with E-state index in [0.29, 0.717) is 21.2 Å². The van der Waals surface area contributed by atoms with Crippen LogP contribution in [-0.4, -0.2) is 16.8 Å². The van der Waals surface area contributed by atoms with Crippen LogP contribution in [0.1, 0.15) is 21.5 Å².